The smallest absolute Gasteiger partial charge is 0.243 e. The summed E-state index contributed by atoms with van der Waals surface area (Å²) < 4.78 is 26.8. The lowest BCUT2D eigenvalue weighted by Crippen LogP contribution is -2.44. The molecule has 1 aromatic carbocycles. The number of aliphatic imine (C=N–C) groups is 1. The fourth-order valence-corrected chi connectivity index (χ4v) is 4.14. The van der Waals surface area contributed by atoms with Gasteiger partial charge in [0, 0.05) is 18.6 Å². The third kappa shape index (κ3) is 6.74. The Balaban J connectivity index is 0.00000312. The highest BCUT2D eigenvalue weighted by Crippen LogP contribution is 2.21. The lowest BCUT2D eigenvalue weighted by Gasteiger charge is -2.25. The van der Waals surface area contributed by atoms with Crippen LogP contribution in [-0.4, -0.2) is 37.3 Å². The van der Waals surface area contributed by atoms with Crippen LogP contribution >= 0.6 is 24.0 Å². The van der Waals surface area contributed by atoms with Gasteiger partial charge in [-0.2, -0.15) is 4.31 Å². The van der Waals surface area contributed by atoms with Crippen molar-refractivity contribution in [3.63, 3.8) is 0 Å². The zero-order valence-electron chi connectivity index (χ0n) is 15.2. The van der Waals surface area contributed by atoms with Crippen LogP contribution in [-0.2, 0) is 16.6 Å². The quantitative estimate of drug-likeness (QED) is 0.394. The summed E-state index contributed by atoms with van der Waals surface area (Å²) in [6, 6.07) is 6.90. The molecule has 8 heteroatoms. The lowest BCUT2D eigenvalue weighted by atomic mass is 10.1. The summed E-state index contributed by atoms with van der Waals surface area (Å²) in [5.41, 5.74) is 6.62. The average molecular weight is 480 g/mol. The Morgan fingerprint density at radius 3 is 2.24 bits per heavy atom. The molecule has 2 rings (SSSR count). The number of piperidine rings is 1. The Bertz CT molecular complexity index is 676. The second-order valence-electron chi connectivity index (χ2n) is 7.19. The highest BCUT2D eigenvalue weighted by molar-refractivity contribution is 14.0. The van der Waals surface area contributed by atoms with Crippen LogP contribution in [0, 0.1) is 0 Å². The molecule has 6 nitrogen and oxygen atoms in total. The van der Waals surface area contributed by atoms with Crippen molar-refractivity contribution in [1.82, 2.24) is 9.62 Å². The molecular formula is C17H29IN4O2S. The van der Waals surface area contributed by atoms with Gasteiger partial charge < -0.3 is 11.1 Å². The molecule has 0 saturated carbocycles. The van der Waals surface area contributed by atoms with Crippen molar-refractivity contribution in [3.8, 4) is 0 Å². The van der Waals surface area contributed by atoms with E-state index >= 15 is 0 Å². The molecule has 0 aliphatic carbocycles. The first-order valence-corrected chi connectivity index (χ1v) is 9.80. The van der Waals surface area contributed by atoms with E-state index in [4.69, 9.17) is 5.73 Å². The van der Waals surface area contributed by atoms with E-state index in [9.17, 15) is 8.42 Å². The maximum absolute atomic E-state index is 12.6. The molecule has 1 heterocycles. The molecule has 0 amide bonds. The van der Waals surface area contributed by atoms with E-state index < -0.39 is 10.0 Å². The Morgan fingerprint density at radius 2 is 1.72 bits per heavy atom. The average Bonchev–Trinajstić information content (AvgIpc) is 2.52. The van der Waals surface area contributed by atoms with Crippen LogP contribution in [0.15, 0.2) is 34.2 Å². The van der Waals surface area contributed by atoms with E-state index in [0.29, 0.717) is 30.5 Å². The standard InChI is InChI=1S/C17H28N4O2S.HI/c1-17(2,3)20-16(18)19-13-14-7-9-15(10-8-14)24(22,23)21-11-5-4-6-12-21;/h7-10H,4-6,11-13H2,1-3H3,(H3,18,19,20);1H. The van der Waals surface area contributed by atoms with E-state index in [0.717, 1.165) is 24.8 Å². The molecule has 142 valence electrons. The fourth-order valence-electron chi connectivity index (χ4n) is 2.62. The molecule has 3 N–H and O–H groups in total. The monoisotopic (exact) mass is 480 g/mol. The first kappa shape index (κ1) is 22.2. The summed E-state index contributed by atoms with van der Waals surface area (Å²) >= 11 is 0. The zero-order chi connectivity index (χ0) is 17.8. The summed E-state index contributed by atoms with van der Waals surface area (Å²) in [5.74, 6) is 0.382. The number of benzene rings is 1. The Labute approximate surface area is 168 Å². The Hall–Kier alpha value is -0.870. The zero-order valence-corrected chi connectivity index (χ0v) is 18.3. The predicted molar refractivity (Wildman–Crippen MR) is 113 cm³/mol. The van der Waals surface area contributed by atoms with Crippen LogP contribution in [0.1, 0.15) is 45.6 Å². The van der Waals surface area contributed by atoms with Crippen LogP contribution in [0.2, 0.25) is 0 Å². The molecule has 1 aromatic rings. The van der Waals surface area contributed by atoms with Crippen LogP contribution in [0.4, 0.5) is 0 Å². The van der Waals surface area contributed by atoms with Crippen molar-refractivity contribution in [3.05, 3.63) is 29.8 Å². The largest absolute Gasteiger partial charge is 0.370 e. The van der Waals surface area contributed by atoms with Gasteiger partial charge in [-0.25, -0.2) is 13.4 Å². The number of hydrogen-bond acceptors (Lipinski definition) is 3. The van der Waals surface area contributed by atoms with Gasteiger partial charge in [0.2, 0.25) is 10.0 Å². The highest BCUT2D eigenvalue weighted by Gasteiger charge is 2.25. The van der Waals surface area contributed by atoms with Gasteiger partial charge in [0.1, 0.15) is 0 Å². The van der Waals surface area contributed by atoms with E-state index in [2.05, 4.69) is 10.3 Å². The summed E-state index contributed by atoms with van der Waals surface area (Å²) in [6.07, 6.45) is 2.98. The summed E-state index contributed by atoms with van der Waals surface area (Å²) in [6.45, 7) is 7.67. The van der Waals surface area contributed by atoms with Crippen molar-refractivity contribution in [2.45, 2.75) is 57.0 Å². The van der Waals surface area contributed by atoms with Gasteiger partial charge in [-0.3, -0.25) is 0 Å². The minimum Gasteiger partial charge on any atom is -0.370 e. The summed E-state index contributed by atoms with van der Waals surface area (Å²) in [7, 11) is -3.37. The topological polar surface area (TPSA) is 87.8 Å². The number of hydrogen-bond donors (Lipinski definition) is 2. The molecule has 25 heavy (non-hydrogen) atoms. The molecule has 0 bridgehead atoms. The highest BCUT2D eigenvalue weighted by atomic mass is 127. The maximum atomic E-state index is 12.6. The third-order valence-electron chi connectivity index (χ3n) is 3.81. The Morgan fingerprint density at radius 1 is 1.16 bits per heavy atom. The molecule has 0 atom stereocenters. The van der Waals surface area contributed by atoms with Crippen molar-refractivity contribution >= 4 is 40.0 Å². The Kier molecular flexibility index (Phi) is 8.14. The molecule has 1 aliphatic rings. The first-order chi connectivity index (χ1) is 11.2. The predicted octanol–water partition coefficient (Wildman–Crippen LogP) is 2.68. The number of halogens is 1. The van der Waals surface area contributed by atoms with Crippen LogP contribution in [0.25, 0.3) is 0 Å². The summed E-state index contributed by atoms with van der Waals surface area (Å²) in [4.78, 5) is 4.63. The van der Waals surface area contributed by atoms with E-state index in [1.165, 1.54) is 0 Å². The van der Waals surface area contributed by atoms with Gasteiger partial charge in [-0.1, -0.05) is 18.6 Å². The number of nitrogens with zero attached hydrogens (tertiary/aromatic N) is 2. The van der Waals surface area contributed by atoms with Gasteiger partial charge in [-0.15, -0.1) is 24.0 Å². The van der Waals surface area contributed by atoms with Crippen molar-refractivity contribution in [2.75, 3.05) is 13.1 Å². The number of guanidine groups is 1. The molecular weight excluding hydrogens is 451 g/mol. The number of nitrogens with one attached hydrogen (secondary N) is 1. The van der Waals surface area contributed by atoms with Crippen LogP contribution in [0.3, 0.4) is 0 Å². The van der Waals surface area contributed by atoms with Gasteiger partial charge in [0.25, 0.3) is 0 Å². The van der Waals surface area contributed by atoms with Gasteiger partial charge in [0.15, 0.2) is 5.96 Å². The van der Waals surface area contributed by atoms with Crippen LogP contribution < -0.4 is 11.1 Å². The lowest BCUT2D eigenvalue weighted by molar-refractivity contribution is 0.346. The van der Waals surface area contributed by atoms with Gasteiger partial charge in [-0.05, 0) is 51.3 Å². The summed E-state index contributed by atoms with van der Waals surface area (Å²) in [5, 5.41) is 3.09. The number of rotatable bonds is 4. The second kappa shape index (κ2) is 9.18. The molecule has 1 saturated heterocycles. The molecule has 0 radical (unpaired) electrons. The van der Waals surface area contributed by atoms with E-state index in [1.807, 2.05) is 20.8 Å². The molecule has 0 spiro atoms. The normalized spacial score (nSPS) is 17.0. The number of sulfonamides is 1. The van der Waals surface area contributed by atoms with E-state index in [-0.39, 0.29) is 29.5 Å². The van der Waals surface area contributed by atoms with Crippen LogP contribution in [0.5, 0.6) is 0 Å². The van der Waals surface area contributed by atoms with Crippen molar-refractivity contribution in [2.24, 2.45) is 10.7 Å². The second-order valence-corrected chi connectivity index (χ2v) is 9.12. The van der Waals surface area contributed by atoms with Gasteiger partial charge >= 0.3 is 0 Å². The molecule has 1 fully saturated rings. The minimum absolute atomic E-state index is 0. The van der Waals surface area contributed by atoms with E-state index in [1.54, 1.807) is 28.6 Å². The molecule has 0 aromatic heterocycles. The van der Waals surface area contributed by atoms with Crippen molar-refractivity contribution in [1.29, 1.82) is 0 Å². The molecule has 0 unspecified atom stereocenters. The number of nitrogens with two attached hydrogens (primary N) is 1. The maximum Gasteiger partial charge on any atom is 0.243 e. The van der Waals surface area contributed by atoms with Gasteiger partial charge in [0.05, 0.1) is 11.4 Å². The minimum atomic E-state index is -3.37. The third-order valence-corrected chi connectivity index (χ3v) is 5.72. The van der Waals surface area contributed by atoms with Crippen molar-refractivity contribution < 1.29 is 8.42 Å². The molecule has 1 aliphatic heterocycles. The fraction of sp³-hybridized carbons (Fsp3) is 0.588. The first-order valence-electron chi connectivity index (χ1n) is 8.36. The SMILES string of the molecule is CC(C)(C)NC(N)=NCc1ccc(S(=O)(=O)N2CCCCC2)cc1.I.